The lowest BCUT2D eigenvalue weighted by atomic mass is 10.1. The van der Waals surface area contributed by atoms with Gasteiger partial charge in [0, 0.05) is 13.7 Å². The van der Waals surface area contributed by atoms with Crippen LogP contribution < -0.4 is 5.32 Å². The molecule has 0 unspecified atom stereocenters. The third kappa shape index (κ3) is 3.70. The third-order valence-corrected chi connectivity index (χ3v) is 4.10. The summed E-state index contributed by atoms with van der Waals surface area (Å²) in [6, 6.07) is 11.1. The molecule has 0 aliphatic carbocycles. The lowest BCUT2D eigenvalue weighted by Gasteiger charge is -2.10. The Morgan fingerprint density at radius 1 is 1.26 bits per heavy atom. The van der Waals surface area contributed by atoms with Gasteiger partial charge in [-0.15, -0.1) is 0 Å². The van der Waals surface area contributed by atoms with Crippen LogP contribution in [0.25, 0.3) is 0 Å². The molecule has 98 valence electrons. The van der Waals surface area contributed by atoms with Crippen LogP contribution in [0.4, 0.5) is 5.69 Å². The molecule has 0 bridgehead atoms. The van der Waals surface area contributed by atoms with Crippen LogP contribution in [-0.4, -0.2) is 5.91 Å². The minimum absolute atomic E-state index is 0.212. The van der Waals surface area contributed by atoms with Crippen molar-refractivity contribution < 1.29 is 4.79 Å². The first-order chi connectivity index (χ1) is 8.97. The van der Waals surface area contributed by atoms with E-state index in [0.717, 1.165) is 19.3 Å². The number of anilines is 1. The fourth-order valence-electron chi connectivity index (χ4n) is 1.63. The molecule has 0 spiro atoms. The third-order valence-electron chi connectivity index (χ3n) is 2.61. The van der Waals surface area contributed by atoms with Gasteiger partial charge in [-0.2, -0.15) is 0 Å². The van der Waals surface area contributed by atoms with E-state index in [1.165, 1.54) is 0 Å². The number of nitrogens with one attached hydrogen (secondary N) is 1. The predicted molar refractivity (Wildman–Crippen MR) is 91.0 cm³/mol. The van der Waals surface area contributed by atoms with Crippen molar-refractivity contribution >= 4 is 61.7 Å². The van der Waals surface area contributed by atoms with Gasteiger partial charge in [-0.1, -0.05) is 27.5 Å². The molecule has 0 saturated carbocycles. The molecule has 2 aromatic carbocycles. The van der Waals surface area contributed by atoms with Gasteiger partial charge in [0.1, 0.15) is 0 Å². The molecule has 0 aromatic heterocycles. The maximum atomic E-state index is 12.2. The van der Waals surface area contributed by atoms with Crippen molar-refractivity contribution in [2.75, 3.05) is 5.32 Å². The van der Waals surface area contributed by atoms with Crippen LogP contribution in [0.3, 0.4) is 0 Å². The molecular formula is C14H10BrClINO. The number of aryl methyl sites for hydroxylation is 1. The van der Waals surface area contributed by atoms with E-state index in [2.05, 4.69) is 43.8 Å². The summed E-state index contributed by atoms with van der Waals surface area (Å²) in [5.74, 6) is -0.212. The summed E-state index contributed by atoms with van der Waals surface area (Å²) in [7, 11) is 0. The number of hydrogen-bond acceptors (Lipinski definition) is 1. The number of carbonyl (C=O) groups excluding carboxylic acids is 1. The first-order valence-corrected chi connectivity index (χ1v) is 7.75. The van der Waals surface area contributed by atoms with Gasteiger partial charge < -0.3 is 5.32 Å². The summed E-state index contributed by atoms with van der Waals surface area (Å²) in [6.45, 7) is 1.96. The molecule has 0 heterocycles. The first kappa shape index (κ1) is 14.8. The highest BCUT2D eigenvalue weighted by Gasteiger charge is 2.12. The molecule has 5 heteroatoms. The lowest BCUT2D eigenvalue weighted by molar-refractivity contribution is 0.102. The number of amides is 1. The second kappa shape index (κ2) is 6.24. The van der Waals surface area contributed by atoms with E-state index in [9.17, 15) is 4.79 Å². The van der Waals surface area contributed by atoms with Crippen molar-refractivity contribution in [2.45, 2.75) is 6.92 Å². The monoisotopic (exact) mass is 449 g/mol. The highest BCUT2D eigenvalue weighted by Crippen LogP contribution is 2.23. The van der Waals surface area contributed by atoms with Crippen LogP contribution in [0.15, 0.2) is 40.9 Å². The van der Waals surface area contributed by atoms with Crippen molar-refractivity contribution in [3.63, 3.8) is 0 Å². The lowest BCUT2D eigenvalue weighted by Crippen LogP contribution is -2.13. The molecule has 0 fully saturated rings. The fourth-order valence-corrected chi connectivity index (χ4v) is 2.84. The summed E-state index contributed by atoms with van der Waals surface area (Å²) < 4.78 is 1.95. The number of benzene rings is 2. The van der Waals surface area contributed by atoms with E-state index in [4.69, 9.17) is 11.6 Å². The Balaban J connectivity index is 2.28. The molecule has 0 atom stereocenters. The Kier molecular flexibility index (Phi) is 4.86. The van der Waals surface area contributed by atoms with E-state index in [1.807, 2.05) is 25.1 Å². The standard InChI is InChI=1S/C14H10BrClINO/c1-8-6-10(17)3-5-13(8)18-14(19)11-7-9(15)2-4-12(11)16/h2-7H,1H3,(H,18,19). The highest BCUT2D eigenvalue weighted by molar-refractivity contribution is 14.1. The molecular weight excluding hydrogens is 440 g/mol. The molecule has 2 aromatic rings. The summed E-state index contributed by atoms with van der Waals surface area (Å²) in [4.78, 5) is 12.2. The SMILES string of the molecule is Cc1cc(I)ccc1NC(=O)c1cc(Br)ccc1Cl. The summed E-state index contributed by atoms with van der Waals surface area (Å²) in [6.07, 6.45) is 0. The van der Waals surface area contributed by atoms with E-state index < -0.39 is 0 Å². The molecule has 19 heavy (non-hydrogen) atoms. The largest absolute Gasteiger partial charge is 0.322 e. The van der Waals surface area contributed by atoms with E-state index >= 15 is 0 Å². The topological polar surface area (TPSA) is 29.1 Å². The zero-order chi connectivity index (χ0) is 14.0. The van der Waals surface area contributed by atoms with Gasteiger partial charge in [0.2, 0.25) is 0 Å². The van der Waals surface area contributed by atoms with Gasteiger partial charge in [-0.25, -0.2) is 0 Å². The Morgan fingerprint density at radius 3 is 2.68 bits per heavy atom. The number of carbonyl (C=O) groups is 1. The minimum Gasteiger partial charge on any atom is -0.322 e. The van der Waals surface area contributed by atoms with Crippen molar-refractivity contribution in [1.29, 1.82) is 0 Å². The van der Waals surface area contributed by atoms with E-state index in [0.29, 0.717) is 10.6 Å². The van der Waals surface area contributed by atoms with Crippen LogP contribution >= 0.6 is 50.1 Å². The normalized spacial score (nSPS) is 10.3. The average molecular weight is 451 g/mol. The Bertz CT molecular complexity index is 645. The van der Waals surface area contributed by atoms with Gasteiger partial charge in [-0.3, -0.25) is 4.79 Å². The summed E-state index contributed by atoms with van der Waals surface area (Å²) in [5, 5.41) is 3.31. The number of hydrogen-bond donors (Lipinski definition) is 1. The Hall–Kier alpha value is -0.590. The van der Waals surface area contributed by atoms with Crippen LogP contribution in [0.5, 0.6) is 0 Å². The highest BCUT2D eigenvalue weighted by atomic mass is 127. The van der Waals surface area contributed by atoms with Crippen molar-refractivity contribution in [1.82, 2.24) is 0 Å². The maximum absolute atomic E-state index is 12.2. The van der Waals surface area contributed by atoms with Gasteiger partial charge in [0.25, 0.3) is 5.91 Å². The Morgan fingerprint density at radius 2 is 2.00 bits per heavy atom. The van der Waals surface area contributed by atoms with Crippen LogP contribution in [0.1, 0.15) is 15.9 Å². The Labute approximate surface area is 138 Å². The molecule has 1 N–H and O–H groups in total. The fraction of sp³-hybridized carbons (Fsp3) is 0.0714. The molecule has 0 aliphatic rings. The van der Waals surface area contributed by atoms with E-state index in [1.54, 1.807) is 18.2 Å². The minimum atomic E-state index is -0.212. The van der Waals surface area contributed by atoms with Gasteiger partial charge in [0.15, 0.2) is 0 Å². The summed E-state index contributed by atoms with van der Waals surface area (Å²) >= 11 is 11.6. The second-order valence-corrected chi connectivity index (χ2v) is 6.61. The van der Waals surface area contributed by atoms with Crippen molar-refractivity contribution in [3.8, 4) is 0 Å². The average Bonchev–Trinajstić information content (AvgIpc) is 2.35. The zero-order valence-electron chi connectivity index (χ0n) is 10.0. The molecule has 1 amide bonds. The molecule has 0 saturated heterocycles. The number of rotatable bonds is 2. The van der Waals surface area contributed by atoms with Gasteiger partial charge in [0.05, 0.1) is 10.6 Å². The van der Waals surface area contributed by atoms with Crippen LogP contribution in [0.2, 0.25) is 5.02 Å². The van der Waals surface area contributed by atoms with Crippen LogP contribution in [-0.2, 0) is 0 Å². The summed E-state index contributed by atoms with van der Waals surface area (Å²) in [5.41, 5.74) is 2.27. The quantitative estimate of drug-likeness (QED) is 0.621. The molecule has 2 rings (SSSR count). The second-order valence-electron chi connectivity index (χ2n) is 4.04. The molecule has 0 aliphatic heterocycles. The van der Waals surface area contributed by atoms with E-state index in [-0.39, 0.29) is 5.91 Å². The van der Waals surface area contributed by atoms with Gasteiger partial charge >= 0.3 is 0 Å². The van der Waals surface area contributed by atoms with Crippen molar-refractivity contribution in [3.05, 3.63) is 60.6 Å². The van der Waals surface area contributed by atoms with Gasteiger partial charge in [-0.05, 0) is 71.5 Å². The van der Waals surface area contributed by atoms with Crippen molar-refractivity contribution in [2.24, 2.45) is 0 Å². The zero-order valence-corrected chi connectivity index (χ0v) is 14.5. The van der Waals surface area contributed by atoms with Crippen LogP contribution in [0, 0.1) is 10.5 Å². The molecule has 0 radical (unpaired) electrons. The smallest absolute Gasteiger partial charge is 0.257 e. The molecule has 2 nitrogen and oxygen atoms in total. The maximum Gasteiger partial charge on any atom is 0.257 e. The predicted octanol–water partition coefficient (Wildman–Crippen LogP) is 5.27. The first-order valence-electron chi connectivity index (χ1n) is 5.50. The number of halogens is 3.